The van der Waals surface area contributed by atoms with Gasteiger partial charge in [0.25, 0.3) is 0 Å². The summed E-state index contributed by atoms with van der Waals surface area (Å²) in [6.45, 7) is 5.62. The molecule has 0 radical (unpaired) electrons. The Bertz CT molecular complexity index is 402. The summed E-state index contributed by atoms with van der Waals surface area (Å²) in [6.07, 6.45) is 1.03. The van der Waals surface area contributed by atoms with Crippen molar-refractivity contribution in [2.24, 2.45) is 11.7 Å². The van der Waals surface area contributed by atoms with E-state index in [4.69, 9.17) is 5.73 Å². The number of nitrogens with zero attached hydrogens (tertiary/aromatic N) is 1. The maximum absolute atomic E-state index is 11.9. The van der Waals surface area contributed by atoms with Crippen LogP contribution in [0, 0.1) is 5.92 Å². The third kappa shape index (κ3) is 2.72. The van der Waals surface area contributed by atoms with Gasteiger partial charge in [-0.2, -0.15) is 0 Å². The van der Waals surface area contributed by atoms with Crippen molar-refractivity contribution < 1.29 is 4.79 Å². The molecule has 0 aliphatic carbocycles. The number of nitrogens with two attached hydrogens (primary N) is 1. The minimum Gasteiger partial charge on any atom is -0.341 e. The topological polar surface area (TPSA) is 46.3 Å². The van der Waals surface area contributed by atoms with Crippen LogP contribution in [-0.4, -0.2) is 29.9 Å². The molecule has 1 fully saturated rings. The third-order valence-electron chi connectivity index (χ3n) is 3.83. The van der Waals surface area contributed by atoms with E-state index in [2.05, 4.69) is 31.2 Å². The Morgan fingerprint density at radius 3 is 2.61 bits per heavy atom. The smallest absolute Gasteiger partial charge is 0.239 e. The summed E-state index contributed by atoms with van der Waals surface area (Å²) >= 11 is 0. The third-order valence-corrected chi connectivity index (χ3v) is 3.83. The lowest BCUT2D eigenvalue weighted by Crippen LogP contribution is -2.48. The van der Waals surface area contributed by atoms with Crippen molar-refractivity contribution in [3.8, 4) is 0 Å². The van der Waals surface area contributed by atoms with Gasteiger partial charge >= 0.3 is 0 Å². The highest BCUT2D eigenvalue weighted by atomic mass is 16.2. The second-order valence-electron chi connectivity index (χ2n) is 5.36. The van der Waals surface area contributed by atoms with E-state index in [1.807, 2.05) is 11.0 Å². The Balaban J connectivity index is 2.03. The zero-order valence-corrected chi connectivity index (χ0v) is 11.2. The van der Waals surface area contributed by atoms with Gasteiger partial charge in [0.2, 0.25) is 5.91 Å². The van der Waals surface area contributed by atoms with Crippen LogP contribution >= 0.6 is 0 Å². The number of amides is 1. The second kappa shape index (κ2) is 5.53. The zero-order chi connectivity index (χ0) is 13.1. The summed E-state index contributed by atoms with van der Waals surface area (Å²) in [5, 5.41) is 0. The molecule has 0 saturated carbocycles. The maximum Gasteiger partial charge on any atom is 0.239 e. The molecule has 18 heavy (non-hydrogen) atoms. The summed E-state index contributed by atoms with van der Waals surface area (Å²) in [5.74, 6) is 1.13. The number of benzene rings is 1. The van der Waals surface area contributed by atoms with Gasteiger partial charge < -0.3 is 10.6 Å². The summed E-state index contributed by atoms with van der Waals surface area (Å²) < 4.78 is 0. The quantitative estimate of drug-likeness (QED) is 0.867. The zero-order valence-electron chi connectivity index (χ0n) is 11.2. The van der Waals surface area contributed by atoms with Crippen molar-refractivity contribution >= 4 is 5.91 Å². The molecule has 3 atom stereocenters. The van der Waals surface area contributed by atoms with Gasteiger partial charge in [-0.05, 0) is 30.7 Å². The molecule has 1 saturated heterocycles. The van der Waals surface area contributed by atoms with E-state index in [9.17, 15) is 4.79 Å². The molecule has 0 aromatic heterocycles. The fraction of sp³-hybridized carbons (Fsp3) is 0.533. The van der Waals surface area contributed by atoms with Gasteiger partial charge in [-0.1, -0.05) is 37.3 Å². The molecular formula is C15H22N2O. The minimum absolute atomic E-state index is 0.0772. The first-order chi connectivity index (χ1) is 8.59. The first kappa shape index (κ1) is 13.1. The number of rotatable bonds is 2. The molecule has 1 aromatic carbocycles. The van der Waals surface area contributed by atoms with Crippen LogP contribution in [0.3, 0.4) is 0 Å². The molecule has 0 spiro atoms. The molecule has 2 N–H and O–H groups in total. The predicted octanol–water partition coefficient (Wildman–Crippen LogP) is 1.99. The molecule has 0 bridgehead atoms. The first-order valence-corrected chi connectivity index (χ1v) is 6.69. The lowest BCUT2D eigenvalue weighted by molar-refractivity contribution is -0.134. The lowest BCUT2D eigenvalue weighted by atomic mass is 9.81. The van der Waals surface area contributed by atoms with E-state index in [-0.39, 0.29) is 11.9 Å². The highest BCUT2D eigenvalue weighted by molar-refractivity contribution is 5.81. The van der Waals surface area contributed by atoms with Crippen molar-refractivity contribution in [3.63, 3.8) is 0 Å². The highest BCUT2D eigenvalue weighted by Gasteiger charge is 2.30. The predicted molar refractivity (Wildman–Crippen MR) is 73.2 cm³/mol. The molecule has 1 heterocycles. The monoisotopic (exact) mass is 246 g/mol. The molecule has 3 heteroatoms. The van der Waals surface area contributed by atoms with Crippen molar-refractivity contribution in [1.82, 2.24) is 4.90 Å². The SMILES string of the molecule is CC1CN(C(=O)[C@@H](C)N)CCC1c1ccccc1. The van der Waals surface area contributed by atoms with E-state index in [1.165, 1.54) is 5.56 Å². The number of likely N-dealkylation sites (tertiary alicyclic amines) is 1. The molecule has 1 aromatic rings. The van der Waals surface area contributed by atoms with Gasteiger partial charge in [-0.25, -0.2) is 0 Å². The molecule has 98 valence electrons. The fourth-order valence-corrected chi connectivity index (χ4v) is 2.83. The summed E-state index contributed by atoms with van der Waals surface area (Å²) in [7, 11) is 0. The van der Waals surface area contributed by atoms with Gasteiger partial charge in [0.15, 0.2) is 0 Å². The van der Waals surface area contributed by atoms with Gasteiger partial charge in [-0.3, -0.25) is 4.79 Å². The number of carbonyl (C=O) groups is 1. The highest BCUT2D eigenvalue weighted by Crippen LogP contribution is 2.32. The minimum atomic E-state index is -0.384. The van der Waals surface area contributed by atoms with Crippen molar-refractivity contribution in [2.75, 3.05) is 13.1 Å². The Labute approximate surface area is 109 Å². The molecule has 2 unspecified atom stereocenters. The Morgan fingerprint density at radius 1 is 1.39 bits per heavy atom. The normalized spacial score (nSPS) is 25.8. The number of hydrogen-bond acceptors (Lipinski definition) is 2. The van der Waals surface area contributed by atoms with Crippen LogP contribution in [0.15, 0.2) is 30.3 Å². The van der Waals surface area contributed by atoms with E-state index >= 15 is 0 Å². The van der Waals surface area contributed by atoms with Crippen LogP contribution < -0.4 is 5.73 Å². The van der Waals surface area contributed by atoms with Gasteiger partial charge in [-0.15, -0.1) is 0 Å². The largest absolute Gasteiger partial charge is 0.341 e. The van der Waals surface area contributed by atoms with Crippen molar-refractivity contribution in [1.29, 1.82) is 0 Å². The first-order valence-electron chi connectivity index (χ1n) is 6.69. The van der Waals surface area contributed by atoms with Gasteiger partial charge in [0.05, 0.1) is 6.04 Å². The van der Waals surface area contributed by atoms with Crippen molar-refractivity contribution in [3.05, 3.63) is 35.9 Å². The number of piperidine rings is 1. The van der Waals surface area contributed by atoms with Crippen LogP contribution in [0.2, 0.25) is 0 Å². The summed E-state index contributed by atoms with van der Waals surface area (Å²) in [6, 6.07) is 10.2. The van der Waals surface area contributed by atoms with Crippen molar-refractivity contribution in [2.45, 2.75) is 32.2 Å². The maximum atomic E-state index is 11.9. The van der Waals surface area contributed by atoms with Gasteiger partial charge in [0, 0.05) is 13.1 Å². The molecule has 3 nitrogen and oxygen atoms in total. The Kier molecular flexibility index (Phi) is 4.02. The van der Waals surface area contributed by atoms with E-state index < -0.39 is 0 Å². The molecule has 1 amide bonds. The van der Waals surface area contributed by atoms with Crippen LogP contribution in [0.5, 0.6) is 0 Å². The average molecular weight is 246 g/mol. The van der Waals surface area contributed by atoms with E-state index in [0.717, 1.165) is 19.5 Å². The molecule has 2 rings (SSSR count). The summed E-state index contributed by atoms with van der Waals surface area (Å²) in [4.78, 5) is 13.8. The van der Waals surface area contributed by atoms with Crippen LogP contribution in [0.25, 0.3) is 0 Å². The lowest BCUT2D eigenvalue weighted by Gasteiger charge is -2.38. The van der Waals surface area contributed by atoms with Crippen LogP contribution in [0.1, 0.15) is 31.7 Å². The Hall–Kier alpha value is -1.35. The number of hydrogen-bond donors (Lipinski definition) is 1. The average Bonchev–Trinajstić information content (AvgIpc) is 2.38. The fourth-order valence-electron chi connectivity index (χ4n) is 2.83. The summed E-state index contributed by atoms with van der Waals surface area (Å²) in [5.41, 5.74) is 7.05. The Morgan fingerprint density at radius 2 is 2.06 bits per heavy atom. The van der Waals surface area contributed by atoms with Crippen LogP contribution in [0.4, 0.5) is 0 Å². The standard InChI is InChI=1S/C15H22N2O/c1-11-10-17(15(18)12(2)16)9-8-14(11)13-6-4-3-5-7-13/h3-7,11-12,14H,8-10,16H2,1-2H3/t11?,12-,14?/m1/s1. The second-order valence-corrected chi connectivity index (χ2v) is 5.36. The van der Waals surface area contributed by atoms with Gasteiger partial charge in [0.1, 0.15) is 0 Å². The van der Waals surface area contributed by atoms with E-state index in [1.54, 1.807) is 6.92 Å². The van der Waals surface area contributed by atoms with Crippen LogP contribution in [-0.2, 0) is 4.79 Å². The molecule has 1 aliphatic heterocycles. The molecular weight excluding hydrogens is 224 g/mol. The molecule has 1 aliphatic rings. The van der Waals surface area contributed by atoms with E-state index in [0.29, 0.717) is 11.8 Å². The number of carbonyl (C=O) groups excluding carboxylic acids is 1.